The Bertz CT molecular complexity index is 693. The topological polar surface area (TPSA) is 103 Å². The summed E-state index contributed by atoms with van der Waals surface area (Å²) in [6, 6.07) is 2.27. The molecule has 0 aliphatic carbocycles. The van der Waals surface area contributed by atoms with E-state index in [2.05, 4.69) is 4.98 Å². The van der Waals surface area contributed by atoms with Gasteiger partial charge in [-0.25, -0.2) is 5.01 Å². The van der Waals surface area contributed by atoms with Crippen LogP contribution in [0.3, 0.4) is 0 Å². The van der Waals surface area contributed by atoms with Gasteiger partial charge in [-0.05, 0) is 31.4 Å². The zero-order valence-electron chi connectivity index (χ0n) is 13.8. The van der Waals surface area contributed by atoms with Gasteiger partial charge in [0.05, 0.1) is 25.1 Å². The molecule has 0 radical (unpaired) electrons. The largest absolute Gasteiger partial charge is 0.480 e. The number of aliphatic carboxylic acids is 1. The Balaban J connectivity index is 1.99. The van der Waals surface area contributed by atoms with Crippen LogP contribution in [-0.2, 0) is 19.7 Å². The van der Waals surface area contributed by atoms with Gasteiger partial charge in [0.15, 0.2) is 0 Å². The smallest absolute Gasteiger partial charge is 0.322 e. The normalized spacial score (nSPS) is 23.3. The molecule has 138 valence electrons. The van der Waals surface area contributed by atoms with Gasteiger partial charge in [0, 0.05) is 25.8 Å². The zero-order chi connectivity index (χ0) is 17.9. The highest BCUT2D eigenvalue weighted by molar-refractivity contribution is 7.90. The van der Waals surface area contributed by atoms with Crippen LogP contribution in [0.15, 0.2) is 24.5 Å². The Morgan fingerprint density at radius 1 is 1.28 bits per heavy atom. The lowest BCUT2D eigenvalue weighted by Gasteiger charge is -2.42. The van der Waals surface area contributed by atoms with E-state index in [9.17, 15) is 18.3 Å². The third-order valence-electron chi connectivity index (χ3n) is 4.36. The van der Waals surface area contributed by atoms with Gasteiger partial charge in [0.25, 0.3) is 0 Å². The predicted octanol–water partition coefficient (Wildman–Crippen LogP) is 0.319. The molecule has 1 N–H and O–H groups in total. The Morgan fingerprint density at radius 2 is 2.04 bits per heavy atom. The first-order valence-electron chi connectivity index (χ1n) is 8.29. The molecule has 1 unspecified atom stereocenters. The Morgan fingerprint density at radius 3 is 2.68 bits per heavy atom. The van der Waals surface area contributed by atoms with Gasteiger partial charge in [-0.1, -0.05) is 0 Å². The SMILES string of the molecule is O=C(O)C1CCCCN1S(=O)(=O)N(c1cccnc1)N1CCOCC1. The summed E-state index contributed by atoms with van der Waals surface area (Å²) in [5, 5.41) is 11.1. The first kappa shape index (κ1) is 18.1. The summed E-state index contributed by atoms with van der Waals surface area (Å²) in [7, 11) is -4.05. The molecular weight excluding hydrogens is 348 g/mol. The number of hydrogen-bond acceptors (Lipinski definition) is 6. The minimum Gasteiger partial charge on any atom is -0.480 e. The molecule has 0 amide bonds. The summed E-state index contributed by atoms with van der Waals surface area (Å²) in [6.45, 7) is 1.82. The van der Waals surface area contributed by atoms with Crippen LogP contribution in [0.2, 0.25) is 0 Å². The third kappa shape index (κ3) is 3.76. The fourth-order valence-corrected chi connectivity index (χ4v) is 5.08. The van der Waals surface area contributed by atoms with Crippen molar-refractivity contribution in [1.29, 1.82) is 0 Å². The highest BCUT2D eigenvalue weighted by Gasteiger charge is 2.42. The molecule has 0 saturated carbocycles. The van der Waals surface area contributed by atoms with E-state index in [4.69, 9.17) is 4.74 Å². The highest BCUT2D eigenvalue weighted by atomic mass is 32.2. The van der Waals surface area contributed by atoms with E-state index >= 15 is 0 Å². The molecule has 1 aromatic heterocycles. The molecule has 10 heteroatoms. The molecular formula is C15H22N4O5S. The number of hydrazine groups is 1. The van der Waals surface area contributed by atoms with Crippen LogP contribution in [0.1, 0.15) is 19.3 Å². The summed E-state index contributed by atoms with van der Waals surface area (Å²) >= 11 is 0. The number of hydrogen-bond donors (Lipinski definition) is 1. The minimum atomic E-state index is -4.05. The maximum atomic E-state index is 13.4. The average Bonchev–Trinajstić information content (AvgIpc) is 2.63. The quantitative estimate of drug-likeness (QED) is 0.796. The van der Waals surface area contributed by atoms with Crippen LogP contribution in [0.4, 0.5) is 5.69 Å². The van der Waals surface area contributed by atoms with E-state index in [0.717, 1.165) is 4.31 Å². The van der Waals surface area contributed by atoms with Gasteiger partial charge in [-0.15, -0.1) is 0 Å². The lowest BCUT2D eigenvalue weighted by molar-refractivity contribution is -0.142. The third-order valence-corrected chi connectivity index (χ3v) is 6.27. The molecule has 3 rings (SSSR count). The van der Waals surface area contributed by atoms with Crippen molar-refractivity contribution in [3.63, 3.8) is 0 Å². The molecule has 2 fully saturated rings. The van der Waals surface area contributed by atoms with E-state index < -0.39 is 22.2 Å². The van der Waals surface area contributed by atoms with Crippen molar-refractivity contribution >= 4 is 21.9 Å². The van der Waals surface area contributed by atoms with E-state index in [1.54, 1.807) is 23.3 Å². The fraction of sp³-hybridized carbons (Fsp3) is 0.600. The monoisotopic (exact) mass is 370 g/mol. The number of carboxylic acid groups (broad SMARTS) is 1. The highest BCUT2D eigenvalue weighted by Crippen LogP contribution is 2.28. The van der Waals surface area contributed by atoms with E-state index in [-0.39, 0.29) is 6.54 Å². The first-order valence-corrected chi connectivity index (χ1v) is 9.69. The van der Waals surface area contributed by atoms with Crippen molar-refractivity contribution in [2.75, 3.05) is 37.3 Å². The van der Waals surface area contributed by atoms with Crippen molar-refractivity contribution in [1.82, 2.24) is 14.3 Å². The second-order valence-corrected chi connectivity index (χ2v) is 7.70. The number of aromatic nitrogens is 1. The van der Waals surface area contributed by atoms with Gasteiger partial charge in [0.2, 0.25) is 0 Å². The summed E-state index contributed by atoms with van der Waals surface area (Å²) < 4.78 is 34.4. The molecule has 2 aliphatic rings. The molecule has 25 heavy (non-hydrogen) atoms. The maximum Gasteiger partial charge on any atom is 0.322 e. The van der Waals surface area contributed by atoms with Crippen molar-refractivity contribution in [3.8, 4) is 0 Å². The Hall–Kier alpha value is -1.75. The first-order chi connectivity index (χ1) is 12.0. The summed E-state index contributed by atoms with van der Waals surface area (Å²) in [4.78, 5) is 15.6. The van der Waals surface area contributed by atoms with Crippen molar-refractivity contribution < 1.29 is 23.1 Å². The van der Waals surface area contributed by atoms with Crippen molar-refractivity contribution in [2.24, 2.45) is 0 Å². The number of morpholine rings is 1. The number of nitrogens with zero attached hydrogens (tertiary/aromatic N) is 4. The summed E-state index contributed by atoms with van der Waals surface area (Å²) in [5.41, 5.74) is 0.388. The Labute approximate surface area is 147 Å². The van der Waals surface area contributed by atoms with Gasteiger partial charge in [-0.3, -0.25) is 9.78 Å². The Kier molecular flexibility index (Phi) is 5.52. The zero-order valence-corrected chi connectivity index (χ0v) is 14.6. The fourth-order valence-electron chi connectivity index (χ4n) is 3.17. The van der Waals surface area contributed by atoms with Crippen LogP contribution >= 0.6 is 0 Å². The summed E-state index contributed by atoms with van der Waals surface area (Å²) in [5.74, 6) is -1.11. The molecule has 2 saturated heterocycles. The number of pyridine rings is 1. The number of rotatable bonds is 5. The standard InChI is InChI=1S/C15H22N4O5S/c20-15(21)14-5-1-2-7-18(14)25(22,23)19(13-4-3-6-16-12-13)17-8-10-24-11-9-17/h3-4,6,12,14H,1-2,5,7-11H2,(H,20,21). The van der Waals surface area contributed by atoms with E-state index in [1.807, 2.05) is 0 Å². The van der Waals surface area contributed by atoms with Crippen LogP contribution in [-0.4, -0.2) is 72.7 Å². The van der Waals surface area contributed by atoms with Crippen LogP contribution in [0.25, 0.3) is 0 Å². The molecule has 9 nitrogen and oxygen atoms in total. The van der Waals surface area contributed by atoms with Crippen LogP contribution in [0, 0.1) is 0 Å². The number of piperidine rings is 1. The number of carboxylic acids is 1. The number of ether oxygens (including phenoxy) is 1. The molecule has 3 heterocycles. The van der Waals surface area contributed by atoms with Gasteiger partial charge < -0.3 is 9.84 Å². The molecule has 2 aliphatic heterocycles. The van der Waals surface area contributed by atoms with Crippen LogP contribution in [0.5, 0.6) is 0 Å². The van der Waals surface area contributed by atoms with E-state index in [1.165, 1.54) is 10.6 Å². The second kappa shape index (κ2) is 7.65. The lowest BCUT2D eigenvalue weighted by atomic mass is 10.1. The number of anilines is 1. The van der Waals surface area contributed by atoms with Crippen molar-refractivity contribution in [3.05, 3.63) is 24.5 Å². The predicted molar refractivity (Wildman–Crippen MR) is 90.0 cm³/mol. The van der Waals surface area contributed by atoms with Gasteiger partial charge >= 0.3 is 16.2 Å². The van der Waals surface area contributed by atoms with Gasteiger partial charge in [-0.2, -0.15) is 17.1 Å². The molecule has 0 spiro atoms. The minimum absolute atomic E-state index is 0.195. The molecule has 1 atom stereocenters. The molecule has 1 aromatic rings. The van der Waals surface area contributed by atoms with Crippen molar-refractivity contribution in [2.45, 2.75) is 25.3 Å². The van der Waals surface area contributed by atoms with E-state index in [0.29, 0.717) is 51.3 Å². The lowest BCUT2D eigenvalue weighted by Crippen LogP contribution is -2.60. The molecule has 0 aromatic carbocycles. The average molecular weight is 370 g/mol. The number of carbonyl (C=O) groups is 1. The second-order valence-electron chi connectivity index (χ2n) is 5.99. The molecule has 0 bridgehead atoms. The maximum absolute atomic E-state index is 13.4. The summed E-state index contributed by atoms with van der Waals surface area (Å²) in [6.07, 6.45) is 4.69. The van der Waals surface area contributed by atoms with Crippen LogP contribution < -0.4 is 4.41 Å². The van der Waals surface area contributed by atoms with Gasteiger partial charge in [0.1, 0.15) is 6.04 Å².